The largest absolute Gasteiger partial charge is 0.500 e. The van der Waals surface area contributed by atoms with E-state index in [4.69, 9.17) is 50.2 Å². The highest BCUT2D eigenvalue weighted by molar-refractivity contribution is 6.90. The third-order valence-corrected chi connectivity index (χ3v) is 28.3. The minimum atomic E-state index is -2.92. The summed E-state index contributed by atoms with van der Waals surface area (Å²) < 4.78 is 54.2. The first kappa shape index (κ1) is 38.2. The Morgan fingerprint density at radius 3 is 1.24 bits per heavy atom. The molecule has 1 N–H and O–H groups in total. The summed E-state index contributed by atoms with van der Waals surface area (Å²) in [5.74, 6) is 0. The molecule has 0 aliphatic heterocycles. The summed E-state index contributed by atoms with van der Waals surface area (Å²) in [7, 11) is -6.84. The van der Waals surface area contributed by atoms with E-state index in [2.05, 4.69) is 31.5 Å². The molecule has 10 nitrogen and oxygen atoms in total. The number of rotatable bonds is 22. The standard InChI is InChI=1S/C20H54ClNO9Si6/c1-23-36(24-2,25-3)18-14-16-22-17-15-19-37(26-4,27-5)31-35(12,13)30-34(10,11)29-33(8,9)28-32(6,7)20-21/h22H,14-20H2,1-13H3. The van der Waals surface area contributed by atoms with Crippen LogP contribution in [0.15, 0.2) is 0 Å². The van der Waals surface area contributed by atoms with E-state index in [0.717, 1.165) is 32.0 Å². The number of nitrogens with one attached hydrogen (secondary N) is 1. The Kier molecular flexibility index (Phi) is 17.1. The summed E-state index contributed by atoms with van der Waals surface area (Å²) in [4.78, 5) is 0. The molecule has 0 fully saturated rings. The zero-order chi connectivity index (χ0) is 29.0. The Morgan fingerprint density at radius 2 is 0.865 bits per heavy atom. The lowest BCUT2D eigenvalue weighted by Gasteiger charge is -2.42. The normalized spacial score (nSPS) is 14.4. The van der Waals surface area contributed by atoms with Gasteiger partial charge in [0.2, 0.25) is 0 Å². The molecule has 0 spiro atoms. The predicted molar refractivity (Wildman–Crippen MR) is 163 cm³/mol. The van der Waals surface area contributed by atoms with Crippen LogP contribution in [0.2, 0.25) is 64.5 Å². The fourth-order valence-electron chi connectivity index (χ4n) is 4.28. The van der Waals surface area contributed by atoms with Crippen LogP contribution in [0, 0.1) is 0 Å². The van der Waals surface area contributed by atoms with Crippen molar-refractivity contribution in [1.29, 1.82) is 0 Å². The zero-order valence-electron chi connectivity index (χ0n) is 25.5. The molecule has 0 aliphatic rings. The van der Waals surface area contributed by atoms with Crippen LogP contribution in [0.25, 0.3) is 0 Å². The molecule has 17 heteroatoms. The van der Waals surface area contributed by atoms with Crippen molar-refractivity contribution in [1.82, 2.24) is 5.32 Å². The fraction of sp³-hybridized carbons (Fsp3) is 1.00. The molecular formula is C20H54ClNO9Si6. The van der Waals surface area contributed by atoms with E-state index in [-0.39, 0.29) is 0 Å². The lowest BCUT2D eigenvalue weighted by molar-refractivity contribution is 0.123. The van der Waals surface area contributed by atoms with Crippen LogP contribution in [-0.4, -0.2) is 106 Å². The van der Waals surface area contributed by atoms with E-state index >= 15 is 0 Å². The average molecular weight is 657 g/mol. The van der Waals surface area contributed by atoms with Crippen molar-refractivity contribution < 1.29 is 38.6 Å². The van der Waals surface area contributed by atoms with Gasteiger partial charge in [0.15, 0.2) is 8.32 Å². The van der Waals surface area contributed by atoms with Gasteiger partial charge in [0.25, 0.3) is 0 Å². The maximum atomic E-state index is 6.59. The molecule has 0 aliphatic carbocycles. The van der Waals surface area contributed by atoms with E-state index in [1.807, 2.05) is 26.2 Å². The van der Waals surface area contributed by atoms with Gasteiger partial charge in [0.1, 0.15) is 0 Å². The summed E-state index contributed by atoms with van der Waals surface area (Å²) >= 11 is 6.12. The summed E-state index contributed by atoms with van der Waals surface area (Å²) in [6, 6.07) is 1.44. The lowest BCUT2D eigenvalue weighted by Crippen LogP contribution is -2.60. The van der Waals surface area contributed by atoms with Gasteiger partial charge in [0.05, 0.1) is 0 Å². The monoisotopic (exact) mass is 655 g/mol. The van der Waals surface area contributed by atoms with Gasteiger partial charge in [-0.1, -0.05) is 0 Å². The quantitative estimate of drug-likeness (QED) is 0.101. The van der Waals surface area contributed by atoms with Gasteiger partial charge in [-0.3, -0.25) is 0 Å². The van der Waals surface area contributed by atoms with Gasteiger partial charge in [0, 0.05) is 53.1 Å². The Bertz CT molecular complexity index is 633. The SMILES string of the molecule is CO[Si](CCCNCCC[Si](OC)(OC)O[Si](C)(C)O[Si](C)(C)O[Si](C)(C)O[Si](C)(C)CCl)(OC)OC. The molecule has 0 rings (SSSR count). The number of hydrogen-bond acceptors (Lipinski definition) is 10. The summed E-state index contributed by atoms with van der Waals surface area (Å²) in [6.07, 6.45) is 1.75. The minimum absolute atomic E-state index is 0.527. The van der Waals surface area contributed by atoms with Gasteiger partial charge >= 0.3 is 43.3 Å². The van der Waals surface area contributed by atoms with Crippen molar-refractivity contribution >= 4 is 63.2 Å². The van der Waals surface area contributed by atoms with E-state index < -0.39 is 51.6 Å². The second-order valence-electron chi connectivity index (χ2n) is 10.8. The van der Waals surface area contributed by atoms with Crippen LogP contribution in [0.4, 0.5) is 0 Å². The molecular weight excluding hydrogens is 602 g/mol. The fourth-order valence-corrected chi connectivity index (χ4v) is 28.4. The molecule has 0 heterocycles. The average Bonchev–Trinajstić information content (AvgIpc) is 2.78. The molecule has 0 radical (unpaired) electrons. The third-order valence-electron chi connectivity index (χ3n) is 5.46. The van der Waals surface area contributed by atoms with E-state index in [1.165, 1.54) is 0 Å². The topological polar surface area (TPSA) is 95.1 Å². The number of alkyl halides is 1. The van der Waals surface area contributed by atoms with Crippen LogP contribution in [0.3, 0.4) is 0 Å². The second kappa shape index (κ2) is 16.6. The second-order valence-corrected chi connectivity index (χ2v) is 32.9. The molecule has 0 atom stereocenters. The molecule has 0 amide bonds. The molecule has 0 saturated heterocycles. The molecule has 0 aromatic rings. The van der Waals surface area contributed by atoms with E-state index in [9.17, 15) is 0 Å². The first-order valence-electron chi connectivity index (χ1n) is 12.7. The summed E-state index contributed by atoms with van der Waals surface area (Å²) in [5, 5.41) is 3.46. The van der Waals surface area contributed by atoms with Gasteiger partial charge in [-0.15, -0.1) is 11.6 Å². The Hall–Kier alpha value is 1.19. The van der Waals surface area contributed by atoms with Crippen molar-refractivity contribution in [2.24, 2.45) is 0 Å². The maximum absolute atomic E-state index is 6.59. The van der Waals surface area contributed by atoms with Crippen molar-refractivity contribution in [3.8, 4) is 0 Å². The smallest absolute Gasteiger partial charge is 0.435 e. The maximum Gasteiger partial charge on any atom is 0.500 e. The molecule has 0 bridgehead atoms. The first-order valence-corrected chi connectivity index (χ1v) is 28.7. The van der Waals surface area contributed by atoms with Crippen LogP contribution in [0.5, 0.6) is 0 Å². The van der Waals surface area contributed by atoms with Crippen molar-refractivity contribution in [2.75, 3.05) is 54.1 Å². The van der Waals surface area contributed by atoms with Crippen LogP contribution >= 0.6 is 11.6 Å². The minimum Gasteiger partial charge on any atom is -0.435 e. The van der Waals surface area contributed by atoms with Crippen molar-refractivity contribution in [2.45, 2.75) is 77.3 Å². The highest BCUT2D eigenvalue weighted by atomic mass is 35.5. The van der Waals surface area contributed by atoms with Crippen LogP contribution in [0.1, 0.15) is 12.8 Å². The Balaban J connectivity index is 4.90. The zero-order valence-corrected chi connectivity index (χ0v) is 32.3. The number of halogens is 1. The highest BCUT2D eigenvalue weighted by Crippen LogP contribution is 2.28. The van der Waals surface area contributed by atoms with E-state index in [0.29, 0.717) is 11.5 Å². The first-order chi connectivity index (χ1) is 16.9. The van der Waals surface area contributed by atoms with Crippen LogP contribution < -0.4 is 5.32 Å². The lowest BCUT2D eigenvalue weighted by atomic mass is 10.4. The molecule has 0 aromatic heterocycles. The molecule has 37 heavy (non-hydrogen) atoms. The Morgan fingerprint density at radius 1 is 0.514 bits per heavy atom. The van der Waals surface area contributed by atoms with Crippen molar-refractivity contribution in [3.63, 3.8) is 0 Å². The molecule has 0 unspecified atom stereocenters. The van der Waals surface area contributed by atoms with Gasteiger partial charge < -0.3 is 43.9 Å². The Labute approximate surface area is 237 Å². The number of hydrogen-bond donors (Lipinski definition) is 1. The van der Waals surface area contributed by atoms with Crippen molar-refractivity contribution in [3.05, 3.63) is 0 Å². The molecule has 0 saturated carbocycles. The summed E-state index contributed by atoms with van der Waals surface area (Å²) in [5.41, 5.74) is 0.527. The van der Waals surface area contributed by atoms with Gasteiger partial charge in [-0.25, -0.2) is 0 Å². The van der Waals surface area contributed by atoms with Gasteiger partial charge in [-0.2, -0.15) is 0 Å². The molecule has 224 valence electrons. The van der Waals surface area contributed by atoms with Gasteiger partial charge in [-0.05, 0) is 78.3 Å². The van der Waals surface area contributed by atoms with Crippen LogP contribution in [-0.2, 0) is 38.6 Å². The predicted octanol–water partition coefficient (Wildman–Crippen LogP) is 4.62. The van der Waals surface area contributed by atoms with E-state index in [1.54, 1.807) is 35.5 Å². The highest BCUT2D eigenvalue weighted by Gasteiger charge is 2.49. The molecule has 0 aromatic carbocycles. The summed E-state index contributed by atoms with van der Waals surface area (Å²) in [6.45, 7) is 18.1. The third kappa shape index (κ3) is 15.1.